The highest BCUT2D eigenvalue weighted by molar-refractivity contribution is 6.22. The van der Waals surface area contributed by atoms with Crippen LogP contribution in [-0.4, -0.2) is 67.1 Å². The smallest absolute Gasteiger partial charge is 0.245 e. The molecule has 4 N–H and O–H groups in total. The number of carbonyl (C=O) groups excluding carboxylic acids is 1. The molecule has 3 aromatic heterocycles. The van der Waals surface area contributed by atoms with Crippen molar-refractivity contribution in [2.24, 2.45) is 10.7 Å². The summed E-state index contributed by atoms with van der Waals surface area (Å²) in [6.45, 7) is 6.73. The minimum Gasteiger partial charge on any atom is -0.506 e. The van der Waals surface area contributed by atoms with Gasteiger partial charge in [0, 0.05) is 61.1 Å². The summed E-state index contributed by atoms with van der Waals surface area (Å²) in [5, 5.41) is 32.0. The fraction of sp³-hybridized carbons (Fsp3) is 0.296. The van der Waals surface area contributed by atoms with E-state index in [1.807, 2.05) is 13.0 Å². The lowest BCUT2D eigenvalue weighted by atomic mass is 10.0. The zero-order chi connectivity index (χ0) is 27.7. The molecule has 11 heteroatoms. The molecule has 0 aliphatic carbocycles. The number of hydrogen-bond donors (Lipinski definition) is 3. The molecule has 0 atom stereocenters. The Hall–Kier alpha value is -4.56. The fourth-order valence-electron chi connectivity index (χ4n) is 4.11. The third-order valence-electron chi connectivity index (χ3n) is 6.06. The molecule has 1 amide bonds. The molecule has 4 rings (SSSR count). The van der Waals surface area contributed by atoms with E-state index in [2.05, 4.69) is 16.7 Å². The zero-order valence-corrected chi connectivity index (χ0v) is 21.1. The Morgan fingerprint density at radius 1 is 1.37 bits per heavy atom. The van der Waals surface area contributed by atoms with Crippen molar-refractivity contribution in [3.8, 4) is 11.8 Å². The van der Waals surface area contributed by atoms with Gasteiger partial charge in [-0.25, -0.2) is 8.91 Å². The number of halogens is 1. The van der Waals surface area contributed by atoms with E-state index in [9.17, 15) is 14.3 Å². The number of rotatable bonds is 6. The van der Waals surface area contributed by atoms with Crippen molar-refractivity contribution in [2.45, 2.75) is 32.2 Å². The molecular formula is C27H30FN7O3. The van der Waals surface area contributed by atoms with Gasteiger partial charge in [-0.05, 0) is 44.0 Å². The van der Waals surface area contributed by atoms with Gasteiger partial charge in [0.25, 0.3) is 0 Å². The first-order chi connectivity index (χ1) is 18.3. The molecule has 1 aliphatic heterocycles. The monoisotopic (exact) mass is 519 g/mol. The minimum atomic E-state index is -0.346. The second-order valence-corrected chi connectivity index (χ2v) is 8.57. The molecule has 198 valence electrons. The van der Waals surface area contributed by atoms with Crippen LogP contribution in [-0.2, 0) is 11.2 Å². The highest BCUT2D eigenvalue weighted by atomic mass is 19.1. The molecule has 0 saturated carbocycles. The van der Waals surface area contributed by atoms with E-state index in [4.69, 9.17) is 21.1 Å². The quantitative estimate of drug-likeness (QED) is 0.334. The number of nitrogens with zero attached hydrogens (tertiary/aromatic N) is 6. The van der Waals surface area contributed by atoms with Crippen LogP contribution in [0.1, 0.15) is 36.6 Å². The Morgan fingerprint density at radius 2 is 2.11 bits per heavy atom. The van der Waals surface area contributed by atoms with Crippen LogP contribution >= 0.6 is 0 Å². The highest BCUT2D eigenvalue weighted by Crippen LogP contribution is 2.27. The number of aromatic hydroxyl groups is 1. The summed E-state index contributed by atoms with van der Waals surface area (Å²) in [5.41, 5.74) is 9.28. The first kappa shape index (κ1) is 28.0. The number of allylic oxidation sites excluding steroid dienone is 1. The second-order valence-electron chi connectivity index (χ2n) is 8.57. The van der Waals surface area contributed by atoms with Crippen LogP contribution in [0.2, 0.25) is 0 Å². The van der Waals surface area contributed by atoms with Crippen molar-refractivity contribution >= 4 is 22.7 Å². The van der Waals surface area contributed by atoms with Gasteiger partial charge in [-0.3, -0.25) is 14.8 Å². The number of nitriles is 1. The number of aliphatic hydroxyl groups is 1. The molecule has 38 heavy (non-hydrogen) atoms. The molecule has 3 aromatic rings. The van der Waals surface area contributed by atoms with E-state index in [-0.39, 0.29) is 30.1 Å². The molecule has 10 nitrogen and oxygen atoms in total. The van der Waals surface area contributed by atoms with Gasteiger partial charge < -0.3 is 20.8 Å². The summed E-state index contributed by atoms with van der Waals surface area (Å²) in [6, 6.07) is 6.55. The topological polar surface area (TPSA) is 153 Å². The van der Waals surface area contributed by atoms with Crippen molar-refractivity contribution in [1.82, 2.24) is 19.5 Å². The largest absolute Gasteiger partial charge is 0.506 e. The third-order valence-corrected chi connectivity index (χ3v) is 6.06. The normalized spacial score (nSPS) is 14.5. The van der Waals surface area contributed by atoms with E-state index >= 15 is 0 Å². The van der Waals surface area contributed by atoms with Gasteiger partial charge in [0.15, 0.2) is 0 Å². The Kier molecular flexibility index (Phi) is 9.67. The van der Waals surface area contributed by atoms with Crippen molar-refractivity contribution < 1.29 is 19.4 Å². The zero-order valence-electron chi connectivity index (χ0n) is 21.1. The number of hydrogen-bond acceptors (Lipinski definition) is 8. The van der Waals surface area contributed by atoms with Gasteiger partial charge in [0.2, 0.25) is 5.91 Å². The molecule has 0 radical (unpaired) electrons. The fourth-order valence-corrected chi connectivity index (χ4v) is 4.11. The Morgan fingerprint density at radius 3 is 2.68 bits per heavy atom. The molecule has 0 unspecified atom stereocenters. The van der Waals surface area contributed by atoms with Crippen LogP contribution in [0, 0.1) is 17.1 Å². The maximum Gasteiger partial charge on any atom is 0.245 e. The summed E-state index contributed by atoms with van der Waals surface area (Å²) in [5.74, 6) is -0.446. The van der Waals surface area contributed by atoms with E-state index in [0.29, 0.717) is 47.4 Å². The Balaban J connectivity index is 0.000000336. The van der Waals surface area contributed by atoms with Crippen LogP contribution in [0.3, 0.4) is 0 Å². The van der Waals surface area contributed by atoms with E-state index in [0.717, 1.165) is 24.8 Å². The number of carbonyl (C=O) groups is 1. The molecule has 1 fully saturated rings. The van der Waals surface area contributed by atoms with Gasteiger partial charge in [0.05, 0.1) is 18.4 Å². The summed E-state index contributed by atoms with van der Waals surface area (Å²) in [6.07, 6.45) is 9.06. The van der Waals surface area contributed by atoms with Gasteiger partial charge >= 0.3 is 0 Å². The molecule has 4 heterocycles. The number of fused-ring (bicyclic) bond motifs is 1. The van der Waals surface area contributed by atoms with E-state index in [1.54, 1.807) is 23.2 Å². The van der Waals surface area contributed by atoms with Crippen LogP contribution in [0.25, 0.3) is 11.1 Å². The van der Waals surface area contributed by atoms with E-state index < -0.39 is 0 Å². The van der Waals surface area contributed by atoms with Crippen LogP contribution < -0.4 is 5.73 Å². The number of pyridine rings is 2. The number of piperidine rings is 1. The maximum absolute atomic E-state index is 12.2. The summed E-state index contributed by atoms with van der Waals surface area (Å²) >= 11 is 0. The minimum absolute atomic E-state index is 0.0463. The third kappa shape index (κ3) is 6.80. The predicted octanol–water partition coefficient (Wildman–Crippen LogP) is 2.60. The second kappa shape index (κ2) is 13.1. The van der Waals surface area contributed by atoms with Gasteiger partial charge in [-0.1, -0.05) is 6.58 Å². The Labute approximate surface area is 219 Å². The van der Waals surface area contributed by atoms with E-state index in [1.165, 1.54) is 29.1 Å². The van der Waals surface area contributed by atoms with Crippen LogP contribution in [0.5, 0.6) is 5.75 Å². The highest BCUT2D eigenvalue weighted by Gasteiger charge is 2.21. The number of aliphatic imine (C=N–C) groups is 1. The Bertz CT molecular complexity index is 1380. The molecule has 0 spiro atoms. The van der Waals surface area contributed by atoms with Gasteiger partial charge in [-0.2, -0.15) is 10.4 Å². The molecule has 1 aliphatic rings. The predicted molar refractivity (Wildman–Crippen MR) is 142 cm³/mol. The standard InChI is InChI=1S/C20H22N6O2.C7H8FNO/c1-3-19(28)25-6-4-16(5-7-25)24-13(2)17(10-22)14-8-18(27)20-15(9-21)11-23-26(20)12-14;8-6-1-2-7(3-4-10)9-5-6/h3,8,10-12,16,27H,1,4-7,22H2,2H3;1-2,5,10H,3-4H2/b17-10+,24-13?;. The SMILES string of the molecule is C=CC(=O)N1CCC(N=C(C)/C(=C\N)c2cc(O)c3c(C#N)cnn3c2)CC1.OCCc1ccc(F)cn1. The lowest BCUT2D eigenvalue weighted by Crippen LogP contribution is -2.38. The molecule has 0 bridgehead atoms. The number of nitrogens with two attached hydrogens (primary N) is 1. The lowest BCUT2D eigenvalue weighted by molar-refractivity contribution is -0.126. The van der Waals surface area contributed by atoms with Crippen LogP contribution in [0.4, 0.5) is 4.39 Å². The first-order valence-corrected chi connectivity index (χ1v) is 12.0. The average Bonchev–Trinajstić information content (AvgIpc) is 3.35. The number of likely N-dealkylation sites (tertiary alicyclic amines) is 1. The summed E-state index contributed by atoms with van der Waals surface area (Å²) in [7, 11) is 0. The molecule has 1 saturated heterocycles. The number of aromatic nitrogens is 3. The number of amides is 1. The van der Waals surface area contributed by atoms with Crippen molar-refractivity contribution in [3.63, 3.8) is 0 Å². The first-order valence-electron chi connectivity index (χ1n) is 12.0. The van der Waals surface area contributed by atoms with Crippen molar-refractivity contribution in [1.29, 1.82) is 5.26 Å². The summed E-state index contributed by atoms with van der Waals surface area (Å²) < 4.78 is 13.7. The van der Waals surface area contributed by atoms with Crippen molar-refractivity contribution in [3.05, 3.63) is 78.3 Å². The lowest BCUT2D eigenvalue weighted by Gasteiger charge is -2.29. The van der Waals surface area contributed by atoms with Crippen LogP contribution in [0.15, 0.2) is 60.6 Å². The van der Waals surface area contributed by atoms with Gasteiger partial charge in [-0.15, -0.1) is 0 Å². The van der Waals surface area contributed by atoms with Gasteiger partial charge in [0.1, 0.15) is 28.7 Å². The average molecular weight is 520 g/mol. The summed E-state index contributed by atoms with van der Waals surface area (Å²) in [4.78, 5) is 22.0. The molecule has 0 aromatic carbocycles. The maximum atomic E-state index is 12.2. The molecular weight excluding hydrogens is 489 g/mol. The van der Waals surface area contributed by atoms with Crippen molar-refractivity contribution in [2.75, 3.05) is 19.7 Å². The number of aliphatic hydroxyl groups excluding tert-OH is 1.